The number of methoxy groups -OCH3 is 2. The number of aliphatic imine (C=N–C) groups is 1. The molecule has 0 amide bonds. The highest BCUT2D eigenvalue weighted by Crippen LogP contribution is 2.17. The fourth-order valence-corrected chi connectivity index (χ4v) is 3.49. The molecule has 0 aromatic carbocycles. The van der Waals surface area contributed by atoms with E-state index < -0.39 is 0 Å². The van der Waals surface area contributed by atoms with E-state index in [0.717, 1.165) is 40.9 Å². The summed E-state index contributed by atoms with van der Waals surface area (Å²) < 4.78 is 10.8. The number of nitrogens with zero attached hydrogens (tertiary/aromatic N) is 2. The minimum absolute atomic E-state index is 0.283. The molecule has 1 atom stereocenters. The van der Waals surface area contributed by atoms with E-state index in [9.17, 15) is 0 Å². The van der Waals surface area contributed by atoms with E-state index in [-0.39, 0.29) is 5.92 Å². The van der Waals surface area contributed by atoms with Gasteiger partial charge in [-0.2, -0.15) is 0 Å². The van der Waals surface area contributed by atoms with Crippen molar-refractivity contribution in [2.45, 2.75) is 53.5 Å². The zero-order chi connectivity index (χ0) is 20.9. The minimum atomic E-state index is 0.283. The van der Waals surface area contributed by atoms with Gasteiger partial charge in [0.1, 0.15) is 0 Å². The Labute approximate surface area is 174 Å². The summed E-state index contributed by atoms with van der Waals surface area (Å²) in [4.78, 5) is 9.19. The molecule has 0 aliphatic carbocycles. The maximum Gasteiger partial charge on any atom is 0.183 e. The van der Waals surface area contributed by atoms with Gasteiger partial charge in [-0.25, -0.2) is 4.98 Å². The lowest BCUT2D eigenvalue weighted by Gasteiger charge is -2.10. The second-order valence-corrected chi connectivity index (χ2v) is 7.65. The SMILES string of the molecule is C/C=C(/OC)C(C)/C=C\CC/C(=C\CN=C(C)c1csc(NC(C)C)n1)OC. The molecule has 1 unspecified atom stereocenters. The molecule has 6 heteroatoms. The van der Waals surface area contributed by atoms with Crippen LogP contribution in [0.5, 0.6) is 0 Å². The third kappa shape index (κ3) is 8.74. The zero-order valence-electron chi connectivity index (χ0n) is 18.3. The number of nitrogens with one attached hydrogen (secondary N) is 1. The van der Waals surface area contributed by atoms with E-state index in [0.29, 0.717) is 12.6 Å². The summed E-state index contributed by atoms with van der Waals surface area (Å²) in [6.07, 6.45) is 10.1. The molecule has 0 fully saturated rings. The van der Waals surface area contributed by atoms with Crippen molar-refractivity contribution in [3.8, 4) is 0 Å². The van der Waals surface area contributed by atoms with Crippen LogP contribution < -0.4 is 5.32 Å². The smallest absolute Gasteiger partial charge is 0.183 e. The highest BCUT2D eigenvalue weighted by molar-refractivity contribution is 7.13. The summed E-state index contributed by atoms with van der Waals surface area (Å²) in [6, 6.07) is 0.375. The molecule has 0 aliphatic rings. The molecule has 1 heterocycles. The molecule has 0 aliphatic heterocycles. The highest BCUT2D eigenvalue weighted by atomic mass is 32.1. The number of anilines is 1. The Hall–Kier alpha value is -2.08. The van der Waals surface area contributed by atoms with Gasteiger partial charge in [-0.15, -0.1) is 11.3 Å². The lowest BCUT2D eigenvalue weighted by atomic mass is 10.1. The van der Waals surface area contributed by atoms with Gasteiger partial charge in [0.25, 0.3) is 0 Å². The first-order valence-electron chi connectivity index (χ1n) is 9.74. The molecule has 1 rings (SSSR count). The van der Waals surface area contributed by atoms with E-state index >= 15 is 0 Å². The fraction of sp³-hybridized carbons (Fsp3) is 0.545. The van der Waals surface area contributed by atoms with Crippen molar-refractivity contribution in [1.29, 1.82) is 0 Å². The van der Waals surface area contributed by atoms with Gasteiger partial charge in [-0.3, -0.25) is 4.99 Å². The Kier molecular flexibility index (Phi) is 11.3. The van der Waals surface area contributed by atoms with Gasteiger partial charge in [0.15, 0.2) is 5.13 Å². The van der Waals surface area contributed by atoms with Crippen molar-refractivity contribution in [3.63, 3.8) is 0 Å². The number of aromatic nitrogens is 1. The standard InChI is InChI=1S/C22H35N3O2S/c1-8-21(27-7)17(4)11-9-10-12-19(26-6)13-14-23-18(5)20-15-28-22(25-20)24-16(2)3/h8-9,11,13,15-17H,10,12,14H2,1-7H3,(H,24,25)/b11-9-,19-13+,21-8+,23-18?. The van der Waals surface area contributed by atoms with Gasteiger partial charge >= 0.3 is 0 Å². The predicted octanol–water partition coefficient (Wildman–Crippen LogP) is 5.83. The summed E-state index contributed by atoms with van der Waals surface area (Å²) in [5, 5.41) is 6.29. The van der Waals surface area contributed by atoms with Crippen LogP contribution >= 0.6 is 11.3 Å². The van der Waals surface area contributed by atoms with Crippen LogP contribution in [0.25, 0.3) is 0 Å². The van der Waals surface area contributed by atoms with Crippen molar-refractivity contribution in [2.75, 3.05) is 26.1 Å². The quantitative estimate of drug-likeness (QED) is 0.270. The first kappa shape index (κ1) is 24.0. The summed E-state index contributed by atoms with van der Waals surface area (Å²) in [7, 11) is 3.42. The average molecular weight is 406 g/mol. The molecular formula is C22H35N3O2S. The molecule has 0 bridgehead atoms. The normalized spacial score (nSPS) is 14.6. The number of rotatable bonds is 12. The predicted molar refractivity (Wildman–Crippen MR) is 121 cm³/mol. The van der Waals surface area contributed by atoms with Crippen molar-refractivity contribution >= 4 is 22.2 Å². The monoisotopic (exact) mass is 405 g/mol. The van der Waals surface area contributed by atoms with Crippen molar-refractivity contribution in [1.82, 2.24) is 4.98 Å². The lowest BCUT2D eigenvalue weighted by molar-refractivity contribution is 0.261. The van der Waals surface area contributed by atoms with E-state index in [1.807, 2.05) is 31.4 Å². The second kappa shape index (κ2) is 13.2. The van der Waals surface area contributed by atoms with Crippen LogP contribution in [0.3, 0.4) is 0 Å². The molecule has 1 aromatic rings. The maximum absolute atomic E-state index is 5.48. The molecule has 156 valence electrons. The molecule has 0 spiro atoms. The average Bonchev–Trinajstić information content (AvgIpc) is 3.12. The van der Waals surface area contributed by atoms with Crippen LogP contribution in [0.1, 0.15) is 53.2 Å². The first-order valence-corrected chi connectivity index (χ1v) is 10.6. The van der Waals surface area contributed by atoms with Gasteiger partial charge < -0.3 is 14.8 Å². The topological polar surface area (TPSA) is 55.7 Å². The van der Waals surface area contributed by atoms with Gasteiger partial charge in [0.2, 0.25) is 0 Å². The molecular weight excluding hydrogens is 370 g/mol. The van der Waals surface area contributed by atoms with Gasteiger partial charge in [-0.1, -0.05) is 19.1 Å². The molecule has 28 heavy (non-hydrogen) atoms. The molecule has 1 N–H and O–H groups in total. The van der Waals surface area contributed by atoms with E-state index in [1.54, 1.807) is 25.6 Å². The number of ether oxygens (including phenoxy) is 2. The zero-order valence-corrected chi connectivity index (χ0v) is 19.1. The molecule has 0 saturated heterocycles. The van der Waals surface area contributed by atoms with Gasteiger partial charge in [-0.05, 0) is 46.3 Å². The van der Waals surface area contributed by atoms with Crippen LogP contribution in [0.4, 0.5) is 5.13 Å². The summed E-state index contributed by atoms with van der Waals surface area (Å²) in [5.41, 5.74) is 1.86. The number of thiazole rings is 1. The number of hydrogen-bond donors (Lipinski definition) is 1. The van der Waals surface area contributed by atoms with Crippen molar-refractivity contribution in [3.05, 3.63) is 46.9 Å². The molecule has 1 aromatic heterocycles. The molecule has 5 nitrogen and oxygen atoms in total. The molecule has 0 saturated carbocycles. The molecule has 0 radical (unpaired) electrons. The Morgan fingerprint density at radius 3 is 2.64 bits per heavy atom. The third-order valence-electron chi connectivity index (χ3n) is 4.15. The van der Waals surface area contributed by atoms with Crippen LogP contribution in [0.15, 0.2) is 46.2 Å². The van der Waals surface area contributed by atoms with Gasteiger partial charge in [0.05, 0.1) is 43.7 Å². The minimum Gasteiger partial charge on any atom is -0.501 e. The Morgan fingerprint density at radius 1 is 1.29 bits per heavy atom. The Bertz CT molecular complexity index is 702. The summed E-state index contributed by atoms with van der Waals surface area (Å²) >= 11 is 1.61. The first-order chi connectivity index (χ1) is 13.4. The summed E-state index contributed by atoms with van der Waals surface area (Å²) in [6.45, 7) is 10.9. The fourth-order valence-electron chi connectivity index (χ4n) is 2.59. The number of allylic oxidation sites excluding steroid dienone is 4. The van der Waals surface area contributed by atoms with Crippen LogP contribution in [0.2, 0.25) is 0 Å². The largest absolute Gasteiger partial charge is 0.501 e. The van der Waals surface area contributed by atoms with Crippen LogP contribution in [-0.4, -0.2) is 37.5 Å². The summed E-state index contributed by atoms with van der Waals surface area (Å²) in [5.74, 6) is 2.22. The van der Waals surface area contributed by atoms with Gasteiger partial charge in [0, 0.05) is 23.8 Å². The Balaban J connectivity index is 2.54. The van der Waals surface area contributed by atoms with E-state index in [1.165, 1.54) is 0 Å². The van der Waals surface area contributed by atoms with Crippen molar-refractivity contribution in [2.24, 2.45) is 10.9 Å². The third-order valence-corrected chi connectivity index (χ3v) is 4.92. The van der Waals surface area contributed by atoms with Crippen LogP contribution in [0, 0.1) is 5.92 Å². The Morgan fingerprint density at radius 2 is 2.04 bits per heavy atom. The van der Waals surface area contributed by atoms with E-state index in [2.05, 4.69) is 48.2 Å². The van der Waals surface area contributed by atoms with Crippen molar-refractivity contribution < 1.29 is 9.47 Å². The maximum atomic E-state index is 5.48. The second-order valence-electron chi connectivity index (χ2n) is 6.79. The van der Waals surface area contributed by atoms with Crippen LogP contribution in [-0.2, 0) is 9.47 Å². The van der Waals surface area contributed by atoms with E-state index in [4.69, 9.17) is 9.47 Å². The highest BCUT2D eigenvalue weighted by Gasteiger charge is 2.06. The number of hydrogen-bond acceptors (Lipinski definition) is 6. The lowest BCUT2D eigenvalue weighted by Crippen LogP contribution is -2.09.